The van der Waals surface area contributed by atoms with Crippen LogP contribution in [0.2, 0.25) is 5.02 Å². The Labute approximate surface area is 694 Å². The molecule has 570 valence electrons. The molecule has 0 spiro atoms. The summed E-state index contributed by atoms with van der Waals surface area (Å²) in [5.74, 6) is -0.362. The third-order valence-corrected chi connectivity index (χ3v) is 22.6. The number of nitrogens with one attached hydrogen (secondary N) is 2. The van der Waals surface area contributed by atoms with E-state index in [1.165, 1.54) is 59.9 Å². The van der Waals surface area contributed by atoms with Crippen LogP contribution in [0.15, 0.2) is 208 Å². The molecule has 0 fully saturated rings. The number of hydrogen-bond acceptors (Lipinski definition) is 25. The van der Waals surface area contributed by atoms with Crippen molar-refractivity contribution < 1.29 is 38.8 Å². The number of ketones is 1. The van der Waals surface area contributed by atoms with E-state index >= 15 is 0 Å². The van der Waals surface area contributed by atoms with Gasteiger partial charge in [-0.05, 0) is 132 Å². The monoisotopic (exact) mass is 1830 g/mol. The van der Waals surface area contributed by atoms with Crippen LogP contribution in [0.3, 0.4) is 0 Å². The number of thiocarbonyl (C=S) groups is 1. The van der Waals surface area contributed by atoms with Crippen LogP contribution in [0.4, 0.5) is 27.5 Å². The number of non-ortho nitro benzene ring substituents is 4. The zero-order chi connectivity index (χ0) is 77.2. The molecule has 0 aliphatic rings. The summed E-state index contributed by atoms with van der Waals surface area (Å²) in [5.41, 5.74) is 24.0. The number of carbonyl (C=O) groups excluding carboxylic acids is 3. The van der Waals surface area contributed by atoms with Crippen LogP contribution >= 0.6 is 153 Å². The van der Waals surface area contributed by atoms with E-state index in [0.717, 1.165) is 73.9 Å². The normalized spacial score (nSPS) is 11.7. The van der Waals surface area contributed by atoms with Gasteiger partial charge in [-0.2, -0.15) is 0 Å². The Balaban J connectivity index is 0.000000220. The number of hydrogen-bond donors (Lipinski definition) is 5. The molecule has 36 heteroatoms. The molecule has 109 heavy (non-hydrogen) atoms. The molecule has 0 radical (unpaired) electrons. The van der Waals surface area contributed by atoms with E-state index in [4.69, 9.17) is 50.7 Å². The van der Waals surface area contributed by atoms with Gasteiger partial charge < -0.3 is 32.6 Å². The minimum Gasteiger partial charge on any atom is -0.444 e. The summed E-state index contributed by atoms with van der Waals surface area (Å²) in [5, 5.41) is 65.9. The number of aromatic nitrogens is 3. The fraction of sp³-hybridized carbons (Fsp3) is 0.192. The van der Waals surface area contributed by atoms with Gasteiger partial charge in [-0.1, -0.05) is 125 Å². The number of nitro benzene ring substituents is 4. The van der Waals surface area contributed by atoms with E-state index < -0.39 is 37.4 Å². The largest absolute Gasteiger partial charge is 0.444 e. The van der Waals surface area contributed by atoms with Gasteiger partial charge in [-0.15, -0.1) is 113 Å². The SMILES string of the molecule is Br.Br.CC(C)(C)OC(=O)N[C@@H](Cc1ccc([N+](=O)[O-])cc1)C(=O)CBr.NC(=S)c1cccs1.N[C@@H](Cc1ccc([N+](=O)[O-])cc1)c1csc(-c2cccs2)n1.N[C@@H](Cc1ccc([N+](=O)[O-])cc1)c1csc(-c2cccs2)n1.O=C(Cc1cccc(Cl)c1)N[C@@H](Cc1ccc([N+](=O)[O-])cc1)c1csc(-c2cccs2)n1. The Morgan fingerprint density at radius 1 is 0.514 bits per heavy atom. The van der Waals surface area contributed by atoms with Crippen molar-refractivity contribution in [3.63, 3.8) is 0 Å². The lowest BCUT2D eigenvalue weighted by atomic mass is 10.0. The van der Waals surface area contributed by atoms with Crippen molar-refractivity contribution in [1.29, 1.82) is 0 Å². The smallest absolute Gasteiger partial charge is 0.408 e. The lowest BCUT2D eigenvalue weighted by Crippen LogP contribution is -2.45. The van der Waals surface area contributed by atoms with Crippen LogP contribution in [0.1, 0.15) is 88.7 Å². The van der Waals surface area contributed by atoms with Crippen LogP contribution in [0, 0.1) is 40.5 Å². The number of thiazole rings is 3. The molecule has 2 amide bonds. The number of nitrogens with two attached hydrogens (primary N) is 3. The fourth-order valence-electron chi connectivity index (χ4n) is 9.62. The topological polar surface area (TPSA) is 374 Å². The Kier molecular flexibility index (Phi) is 36.2. The van der Waals surface area contributed by atoms with E-state index in [1.54, 1.807) is 149 Å². The van der Waals surface area contributed by atoms with Gasteiger partial charge in [0.15, 0.2) is 5.78 Å². The highest BCUT2D eigenvalue weighted by molar-refractivity contribution is 9.09. The summed E-state index contributed by atoms with van der Waals surface area (Å²) < 4.78 is 5.14. The van der Waals surface area contributed by atoms with Crippen molar-refractivity contribution in [3.8, 4) is 29.7 Å². The highest BCUT2D eigenvalue weighted by Crippen LogP contribution is 2.34. The Morgan fingerprint density at radius 2 is 0.890 bits per heavy atom. The van der Waals surface area contributed by atoms with Crippen molar-refractivity contribution in [2.75, 3.05) is 5.33 Å². The Hall–Kier alpha value is -8.66. The van der Waals surface area contributed by atoms with Crippen molar-refractivity contribution in [2.24, 2.45) is 17.2 Å². The van der Waals surface area contributed by atoms with Gasteiger partial charge in [0, 0.05) is 69.7 Å². The minimum atomic E-state index is -0.773. The van der Waals surface area contributed by atoms with Gasteiger partial charge in [-0.25, -0.2) is 19.7 Å². The number of halogens is 4. The van der Waals surface area contributed by atoms with Gasteiger partial charge in [-0.3, -0.25) is 50.0 Å². The first-order valence-corrected chi connectivity index (χ1v) is 40.1. The Morgan fingerprint density at radius 3 is 1.23 bits per heavy atom. The summed E-state index contributed by atoms with van der Waals surface area (Å²) in [6.45, 7) is 5.18. The fourth-order valence-corrected chi connectivity index (χ4v) is 16.1. The van der Waals surface area contributed by atoms with Gasteiger partial charge in [0.2, 0.25) is 5.91 Å². The lowest BCUT2D eigenvalue weighted by Gasteiger charge is -2.23. The zero-order valence-electron chi connectivity index (χ0n) is 57.9. The number of alkyl carbamates (subject to hydrolysis) is 1. The molecule has 0 aliphatic carbocycles. The third kappa shape index (κ3) is 29.3. The number of carbonyl (C=O) groups is 3. The number of alkyl halides is 1. The standard InChI is InChI=1S/C23H18ClN3O3S2.C15H19BrN2O5.2C15H13N3O2S2.C5H5NS2.2BrH/c24-17-4-1-3-16(11-17)13-22(28)25-19(12-15-6-8-18(9-7-15)27(29)30)20-14-32-23(26-20)21-5-2-10-31-21;1-15(2,3)23-14(20)17-12(13(19)9-16)8-10-4-6-11(7-5-10)18(21)22;2*16-12(8-10-3-5-11(6-4-10)18(19)20)13-9-22-15(17-13)14-2-1-7-21-14;6-5(7)4-2-1-3-8-4;;/h1-11,14,19H,12-13H2,(H,25,28);4-7,12H,8-9H2,1-3H3,(H,17,20);2*1-7,9,12H,8,16H2;1-3H,(H2,6,7);2*1H/t19-;3*12-;;;/m0000.../s1. The average Bonchev–Trinajstić information content (AvgIpc) is 1.75. The number of benzene rings is 5. The van der Waals surface area contributed by atoms with Gasteiger partial charge >= 0.3 is 6.09 Å². The van der Waals surface area contributed by atoms with E-state index in [9.17, 15) is 54.8 Å². The second-order valence-corrected chi connectivity index (χ2v) is 31.8. The molecule has 0 aliphatic heterocycles. The highest BCUT2D eigenvalue weighted by atomic mass is 79.9. The maximum Gasteiger partial charge on any atom is 0.408 e. The van der Waals surface area contributed by atoms with Gasteiger partial charge in [0.05, 0.1) is 92.2 Å². The molecule has 0 bridgehead atoms. The molecule has 0 saturated carbocycles. The van der Waals surface area contributed by atoms with Crippen molar-refractivity contribution >= 4 is 199 Å². The predicted octanol–water partition coefficient (Wildman–Crippen LogP) is 19.7. The number of Topliss-reactive ketones (excluding diaryl/α,β-unsaturated/α-hetero) is 1. The quantitative estimate of drug-likeness (QED) is 0.0154. The first kappa shape index (κ1) is 89.2. The summed E-state index contributed by atoms with van der Waals surface area (Å²) >= 11 is 25.0. The average molecular weight is 1840 g/mol. The van der Waals surface area contributed by atoms with Crippen molar-refractivity contribution in [1.82, 2.24) is 25.6 Å². The second-order valence-electron chi connectivity index (χ2n) is 24.0. The first-order valence-electron chi connectivity index (χ1n) is 32.0. The molecule has 7 heterocycles. The Bertz CT molecular complexity index is 4750. The van der Waals surface area contributed by atoms with Gasteiger partial charge in [0.1, 0.15) is 25.6 Å². The molecular weight excluding hydrogens is 1770 g/mol. The number of thiophene rings is 4. The van der Waals surface area contributed by atoms with Crippen molar-refractivity contribution in [2.45, 2.75) is 82.6 Å². The summed E-state index contributed by atoms with van der Waals surface area (Å²) in [6, 6.07) is 46.7. The van der Waals surface area contributed by atoms with Crippen LogP contribution < -0.4 is 27.8 Å². The van der Waals surface area contributed by atoms with E-state index in [1.807, 2.05) is 98.3 Å². The molecule has 12 aromatic rings. The molecule has 0 saturated heterocycles. The van der Waals surface area contributed by atoms with E-state index in [2.05, 4.69) is 36.5 Å². The van der Waals surface area contributed by atoms with Crippen LogP contribution in [-0.2, 0) is 46.4 Å². The van der Waals surface area contributed by atoms with Crippen LogP contribution in [0.25, 0.3) is 29.7 Å². The molecule has 7 aromatic heterocycles. The van der Waals surface area contributed by atoms with E-state index in [-0.39, 0.29) is 105 Å². The number of nitro groups is 4. The summed E-state index contributed by atoms with van der Waals surface area (Å²) in [7, 11) is 0. The lowest BCUT2D eigenvalue weighted by molar-refractivity contribution is -0.385. The predicted molar refractivity (Wildman–Crippen MR) is 456 cm³/mol. The number of ether oxygens (including phenoxy) is 1. The number of nitrogens with zero attached hydrogens (tertiary/aromatic N) is 7. The van der Waals surface area contributed by atoms with E-state index in [0.29, 0.717) is 34.8 Å². The molecule has 5 aromatic carbocycles. The molecule has 8 N–H and O–H groups in total. The third-order valence-electron chi connectivity index (χ3n) is 14.8. The number of amides is 2. The molecule has 24 nitrogen and oxygen atoms in total. The highest BCUT2D eigenvalue weighted by Gasteiger charge is 2.26. The van der Waals surface area contributed by atoms with Crippen LogP contribution in [0.5, 0.6) is 0 Å². The molecular formula is C73H70Br3ClN12O12S8. The first-order chi connectivity index (χ1) is 51.2. The zero-order valence-corrected chi connectivity index (χ0v) is 70.2. The minimum absolute atomic E-state index is 0. The second kappa shape index (κ2) is 44.3. The van der Waals surface area contributed by atoms with Crippen molar-refractivity contribution in [3.05, 3.63) is 303 Å². The molecule has 12 rings (SSSR count). The van der Waals surface area contributed by atoms with Gasteiger partial charge in [0.25, 0.3) is 22.7 Å². The molecule has 4 atom stereocenters. The maximum atomic E-state index is 12.8. The maximum absolute atomic E-state index is 12.8. The van der Waals surface area contributed by atoms with Crippen LogP contribution in [-0.4, -0.2) is 74.4 Å². The summed E-state index contributed by atoms with van der Waals surface area (Å²) in [4.78, 5) is 96.5. The summed E-state index contributed by atoms with van der Waals surface area (Å²) in [6.07, 6.45) is 1.41. The number of rotatable bonds is 25. The molecule has 0 unspecified atom stereocenters.